The van der Waals surface area contributed by atoms with Gasteiger partial charge in [0.25, 0.3) is 0 Å². The zero-order chi connectivity index (χ0) is 17.9. The van der Waals surface area contributed by atoms with Gasteiger partial charge in [-0.15, -0.1) is 11.3 Å². The second-order valence-corrected chi connectivity index (χ2v) is 8.56. The molecule has 3 rings (SSSR count). The molecule has 0 saturated heterocycles. The Morgan fingerprint density at radius 2 is 2.00 bits per heavy atom. The fourth-order valence-corrected chi connectivity index (χ4v) is 4.91. The molecule has 5 nitrogen and oxygen atoms in total. The van der Waals surface area contributed by atoms with E-state index in [0.29, 0.717) is 24.3 Å². The number of rotatable bonds is 7. The maximum atomic E-state index is 12.4. The average molecular weight is 377 g/mol. The minimum absolute atomic E-state index is 0.285. The minimum Gasteiger partial charge on any atom is -0.497 e. The normalized spacial score (nSPS) is 11.8. The van der Waals surface area contributed by atoms with Crippen molar-refractivity contribution in [1.29, 1.82) is 0 Å². The summed E-state index contributed by atoms with van der Waals surface area (Å²) in [5.41, 5.74) is 1.66. The molecule has 0 aliphatic heterocycles. The number of sulfonamides is 1. The molecular formula is C18H20N2O3S2. The van der Waals surface area contributed by atoms with Crippen molar-refractivity contribution in [2.24, 2.45) is 0 Å². The highest BCUT2D eigenvalue weighted by Gasteiger charge is 2.16. The molecule has 0 spiro atoms. The first-order chi connectivity index (χ1) is 12.0. The maximum absolute atomic E-state index is 12.4. The van der Waals surface area contributed by atoms with Crippen LogP contribution in [0.3, 0.4) is 0 Å². The molecule has 0 fully saturated rings. The van der Waals surface area contributed by atoms with Gasteiger partial charge in [-0.25, -0.2) is 18.1 Å². The van der Waals surface area contributed by atoms with Gasteiger partial charge < -0.3 is 4.74 Å². The topological polar surface area (TPSA) is 68.3 Å². The highest BCUT2D eigenvalue weighted by atomic mass is 32.2. The number of thiazole rings is 1. The van der Waals surface area contributed by atoms with Crippen LogP contribution in [0.4, 0.5) is 0 Å². The molecule has 0 atom stereocenters. The van der Waals surface area contributed by atoms with Crippen LogP contribution in [0.25, 0.3) is 10.2 Å². The third-order valence-electron chi connectivity index (χ3n) is 3.87. The number of fused-ring (bicyclic) bond motifs is 1. The molecule has 1 aromatic heterocycles. The minimum atomic E-state index is -3.52. The third-order valence-corrected chi connectivity index (χ3v) is 6.59. The van der Waals surface area contributed by atoms with Crippen molar-refractivity contribution in [3.05, 3.63) is 53.0 Å². The maximum Gasteiger partial charge on any atom is 0.240 e. The number of hydrogen-bond acceptors (Lipinski definition) is 5. The van der Waals surface area contributed by atoms with Crippen molar-refractivity contribution < 1.29 is 13.2 Å². The van der Waals surface area contributed by atoms with E-state index < -0.39 is 10.0 Å². The van der Waals surface area contributed by atoms with Gasteiger partial charge in [0.05, 0.1) is 27.2 Å². The molecule has 2 aromatic carbocycles. The Morgan fingerprint density at radius 3 is 2.72 bits per heavy atom. The van der Waals surface area contributed by atoms with E-state index in [-0.39, 0.29) is 4.90 Å². The number of methoxy groups -OCH3 is 1. The lowest BCUT2D eigenvalue weighted by atomic mass is 10.2. The monoisotopic (exact) mass is 376 g/mol. The molecule has 0 aliphatic rings. The fourth-order valence-electron chi connectivity index (χ4n) is 2.60. The van der Waals surface area contributed by atoms with Crippen LogP contribution in [-0.4, -0.2) is 27.1 Å². The Kier molecular flexibility index (Phi) is 5.36. The van der Waals surface area contributed by atoms with Crippen molar-refractivity contribution in [1.82, 2.24) is 9.71 Å². The highest BCUT2D eigenvalue weighted by molar-refractivity contribution is 7.89. The Hall–Kier alpha value is -1.96. The molecule has 0 radical (unpaired) electrons. The molecular weight excluding hydrogens is 356 g/mol. The summed E-state index contributed by atoms with van der Waals surface area (Å²) in [7, 11) is -1.96. The number of nitrogens with zero attached hydrogens (tertiary/aromatic N) is 1. The molecule has 3 aromatic rings. The standard InChI is InChI=1S/C18H20N2O3S2/c1-13-12-14(23-2)9-10-17(13)25(21,22)19-11-5-8-18-20-15-6-3-4-7-16(15)24-18/h3-4,6-7,9-10,12,19H,5,8,11H2,1-2H3. The van der Waals surface area contributed by atoms with Crippen molar-refractivity contribution in [2.45, 2.75) is 24.7 Å². The number of aromatic nitrogens is 1. The quantitative estimate of drug-likeness (QED) is 0.641. The van der Waals surface area contributed by atoms with Gasteiger partial charge in [-0.05, 0) is 49.2 Å². The smallest absolute Gasteiger partial charge is 0.240 e. The van der Waals surface area contributed by atoms with Gasteiger partial charge in [-0.3, -0.25) is 0 Å². The SMILES string of the molecule is COc1ccc(S(=O)(=O)NCCCc2nc3ccccc3s2)c(C)c1. The van der Waals surface area contributed by atoms with Crippen LogP contribution in [0.5, 0.6) is 5.75 Å². The van der Waals surface area contributed by atoms with Gasteiger partial charge in [0.1, 0.15) is 5.75 Å². The van der Waals surface area contributed by atoms with E-state index >= 15 is 0 Å². The van der Waals surface area contributed by atoms with Gasteiger partial charge in [0, 0.05) is 13.0 Å². The van der Waals surface area contributed by atoms with Crippen LogP contribution < -0.4 is 9.46 Å². The van der Waals surface area contributed by atoms with E-state index in [1.165, 1.54) is 0 Å². The summed E-state index contributed by atoms with van der Waals surface area (Å²) in [5.74, 6) is 0.646. The highest BCUT2D eigenvalue weighted by Crippen LogP contribution is 2.23. The van der Waals surface area contributed by atoms with Crippen LogP contribution >= 0.6 is 11.3 Å². The van der Waals surface area contributed by atoms with Crippen LogP contribution in [0.1, 0.15) is 17.0 Å². The first-order valence-corrected chi connectivity index (χ1v) is 10.3. The number of hydrogen-bond donors (Lipinski definition) is 1. The van der Waals surface area contributed by atoms with E-state index in [1.54, 1.807) is 43.6 Å². The number of aryl methyl sites for hydroxylation is 2. The number of benzene rings is 2. The van der Waals surface area contributed by atoms with E-state index in [2.05, 4.69) is 9.71 Å². The lowest BCUT2D eigenvalue weighted by molar-refractivity contribution is 0.414. The summed E-state index contributed by atoms with van der Waals surface area (Å²) in [5, 5.41) is 1.03. The van der Waals surface area contributed by atoms with Gasteiger partial charge >= 0.3 is 0 Å². The van der Waals surface area contributed by atoms with Gasteiger partial charge in [0.2, 0.25) is 10.0 Å². The Labute approximate surface area is 151 Å². The first kappa shape index (κ1) is 17.8. The summed E-state index contributed by atoms with van der Waals surface area (Å²) in [4.78, 5) is 4.85. The van der Waals surface area contributed by atoms with Crippen molar-refractivity contribution in [3.63, 3.8) is 0 Å². The molecule has 7 heteroatoms. The van der Waals surface area contributed by atoms with Gasteiger partial charge in [-0.1, -0.05) is 12.1 Å². The average Bonchev–Trinajstić information content (AvgIpc) is 3.01. The lowest BCUT2D eigenvalue weighted by Crippen LogP contribution is -2.25. The Morgan fingerprint density at radius 1 is 1.20 bits per heavy atom. The second-order valence-electron chi connectivity index (χ2n) is 5.71. The first-order valence-electron chi connectivity index (χ1n) is 7.98. The van der Waals surface area contributed by atoms with Gasteiger partial charge in [-0.2, -0.15) is 0 Å². The largest absolute Gasteiger partial charge is 0.497 e. The molecule has 0 unspecified atom stereocenters. The summed E-state index contributed by atoms with van der Waals surface area (Å²) in [6.07, 6.45) is 1.46. The number of nitrogens with one attached hydrogen (secondary N) is 1. The van der Waals surface area contributed by atoms with Crippen LogP contribution in [-0.2, 0) is 16.4 Å². The summed E-state index contributed by atoms with van der Waals surface area (Å²) >= 11 is 1.66. The summed E-state index contributed by atoms with van der Waals surface area (Å²) in [6.45, 7) is 2.14. The molecule has 25 heavy (non-hydrogen) atoms. The third kappa shape index (κ3) is 4.18. The Bertz CT molecular complexity index is 948. The lowest BCUT2D eigenvalue weighted by Gasteiger charge is -2.10. The van der Waals surface area contributed by atoms with E-state index in [1.807, 2.05) is 24.3 Å². The van der Waals surface area contributed by atoms with Crippen LogP contribution in [0.2, 0.25) is 0 Å². The fraction of sp³-hybridized carbons (Fsp3) is 0.278. The van der Waals surface area contributed by atoms with Crippen LogP contribution in [0.15, 0.2) is 47.4 Å². The molecule has 0 aliphatic carbocycles. The predicted octanol–water partition coefficient (Wildman–Crippen LogP) is 3.52. The van der Waals surface area contributed by atoms with E-state index in [9.17, 15) is 8.42 Å². The summed E-state index contributed by atoms with van der Waals surface area (Å²) < 4.78 is 33.8. The molecule has 1 N–H and O–H groups in total. The van der Waals surface area contributed by atoms with Crippen molar-refractivity contribution in [3.8, 4) is 5.75 Å². The molecule has 132 valence electrons. The molecule has 1 heterocycles. The zero-order valence-electron chi connectivity index (χ0n) is 14.2. The van der Waals surface area contributed by atoms with E-state index in [4.69, 9.17) is 4.74 Å². The Balaban J connectivity index is 1.59. The van der Waals surface area contributed by atoms with E-state index in [0.717, 1.165) is 21.6 Å². The molecule has 0 bridgehead atoms. The van der Waals surface area contributed by atoms with Gasteiger partial charge in [0.15, 0.2) is 0 Å². The number of para-hydroxylation sites is 1. The second kappa shape index (κ2) is 7.51. The van der Waals surface area contributed by atoms with Crippen LogP contribution in [0, 0.1) is 6.92 Å². The number of ether oxygens (including phenoxy) is 1. The summed E-state index contributed by atoms with van der Waals surface area (Å²) in [6, 6.07) is 12.9. The predicted molar refractivity (Wildman–Crippen MR) is 101 cm³/mol. The van der Waals surface area contributed by atoms with Crippen molar-refractivity contribution in [2.75, 3.05) is 13.7 Å². The molecule has 0 amide bonds. The van der Waals surface area contributed by atoms with Crippen molar-refractivity contribution >= 4 is 31.6 Å². The zero-order valence-corrected chi connectivity index (χ0v) is 15.8. The molecule has 0 saturated carbocycles.